The third-order valence-electron chi connectivity index (χ3n) is 2.25. The Hall–Kier alpha value is -3.16. The van der Waals surface area contributed by atoms with E-state index in [1.54, 1.807) is 18.2 Å². The second kappa shape index (κ2) is 8.20. The lowest BCUT2D eigenvalue weighted by Gasteiger charge is -2.05. The highest BCUT2D eigenvalue weighted by Crippen LogP contribution is 2.11. The lowest BCUT2D eigenvalue weighted by atomic mass is 10.3. The summed E-state index contributed by atoms with van der Waals surface area (Å²) in [6.07, 6.45) is -0.853. The maximum absolute atomic E-state index is 12.4. The molecule has 8 heteroatoms. The van der Waals surface area contributed by atoms with Crippen LogP contribution in [0.15, 0.2) is 48.7 Å². The van der Waals surface area contributed by atoms with E-state index in [0.29, 0.717) is 0 Å². The molecule has 1 unspecified atom stereocenters. The summed E-state index contributed by atoms with van der Waals surface area (Å²) in [5.41, 5.74) is 5.27. The van der Waals surface area contributed by atoms with Gasteiger partial charge in [-0.3, -0.25) is 0 Å². The van der Waals surface area contributed by atoms with Crippen LogP contribution in [0.4, 0.5) is 10.2 Å². The zero-order valence-electron chi connectivity index (χ0n) is 11.2. The average Bonchev–Trinajstić information content (AvgIpc) is 2.49. The summed E-state index contributed by atoms with van der Waals surface area (Å²) in [6, 6.07) is 10.9. The number of aliphatic carboxylic acids is 1. The molecule has 0 spiro atoms. The van der Waals surface area contributed by atoms with Crippen LogP contribution in [-0.4, -0.2) is 33.5 Å². The van der Waals surface area contributed by atoms with Crippen molar-refractivity contribution in [2.24, 2.45) is 0 Å². The first-order valence-electron chi connectivity index (χ1n) is 5.94. The summed E-state index contributed by atoms with van der Waals surface area (Å²) in [5, 5.41) is 16.6. The number of carboxylic acid groups (broad SMARTS) is 2. The molecular weight excluding hydrogens is 295 g/mol. The number of nitrogens with two attached hydrogens (primary N) is 1. The number of hydrogen-bond donors (Lipinski definition) is 3. The van der Waals surface area contributed by atoms with Crippen molar-refractivity contribution >= 4 is 17.8 Å². The van der Waals surface area contributed by atoms with Crippen LogP contribution in [0.2, 0.25) is 0 Å². The summed E-state index contributed by atoms with van der Waals surface area (Å²) in [5.74, 6) is -2.42. The van der Waals surface area contributed by atoms with E-state index in [9.17, 15) is 14.0 Å². The minimum atomic E-state index is -2.30. The van der Waals surface area contributed by atoms with Gasteiger partial charge in [0.2, 0.25) is 0 Å². The van der Waals surface area contributed by atoms with E-state index < -0.39 is 18.3 Å². The lowest BCUT2D eigenvalue weighted by molar-refractivity contribution is -0.153. The van der Waals surface area contributed by atoms with E-state index in [2.05, 4.69) is 9.72 Å². The number of aromatic nitrogens is 1. The van der Waals surface area contributed by atoms with Crippen LogP contribution in [0, 0.1) is 0 Å². The third-order valence-corrected chi connectivity index (χ3v) is 2.25. The number of aromatic carboxylic acids is 1. The molecule has 0 saturated carbocycles. The van der Waals surface area contributed by atoms with Gasteiger partial charge in [0.25, 0.3) is 0 Å². The van der Waals surface area contributed by atoms with Gasteiger partial charge in [-0.25, -0.2) is 14.6 Å². The van der Waals surface area contributed by atoms with E-state index in [-0.39, 0.29) is 17.1 Å². The molecule has 22 heavy (non-hydrogen) atoms. The molecule has 0 radical (unpaired) electrons. The molecule has 0 amide bonds. The predicted octanol–water partition coefficient (Wildman–Crippen LogP) is 1.81. The first-order valence-corrected chi connectivity index (χ1v) is 5.94. The smallest absolute Gasteiger partial charge is 0.378 e. The van der Waals surface area contributed by atoms with Gasteiger partial charge in [0.05, 0.1) is 0 Å². The number of nitrogen functional groups attached to an aromatic ring is 1. The molecule has 2 aromatic rings. The second-order valence-electron chi connectivity index (χ2n) is 3.83. The van der Waals surface area contributed by atoms with Crippen molar-refractivity contribution in [3.63, 3.8) is 0 Å². The zero-order valence-corrected chi connectivity index (χ0v) is 11.2. The maximum atomic E-state index is 12.4. The summed E-state index contributed by atoms with van der Waals surface area (Å²) < 4.78 is 16.8. The van der Waals surface area contributed by atoms with Crippen molar-refractivity contribution in [2.75, 3.05) is 5.73 Å². The Bertz CT molecular complexity index is 636. The number of ether oxygens (including phenoxy) is 1. The number of alkyl halides is 1. The van der Waals surface area contributed by atoms with Crippen LogP contribution in [0.3, 0.4) is 0 Å². The van der Waals surface area contributed by atoms with E-state index in [0.717, 1.165) is 0 Å². The number of carboxylic acids is 2. The van der Waals surface area contributed by atoms with Gasteiger partial charge in [-0.2, -0.15) is 4.39 Å². The average molecular weight is 308 g/mol. The summed E-state index contributed by atoms with van der Waals surface area (Å²) in [7, 11) is 0. The Balaban J connectivity index is 0.000000224. The Morgan fingerprint density at radius 1 is 1.14 bits per heavy atom. The highest BCUT2D eigenvalue weighted by Gasteiger charge is 2.16. The first-order chi connectivity index (χ1) is 10.4. The fourth-order valence-corrected chi connectivity index (χ4v) is 1.27. The zero-order chi connectivity index (χ0) is 16.5. The Morgan fingerprint density at radius 2 is 1.77 bits per heavy atom. The third kappa shape index (κ3) is 5.45. The van der Waals surface area contributed by atoms with Crippen LogP contribution >= 0.6 is 0 Å². The molecule has 1 aromatic carbocycles. The molecule has 0 aliphatic heterocycles. The lowest BCUT2D eigenvalue weighted by Crippen LogP contribution is -2.21. The molecule has 4 N–H and O–H groups in total. The normalized spacial score (nSPS) is 10.8. The van der Waals surface area contributed by atoms with Crippen LogP contribution < -0.4 is 10.5 Å². The first kappa shape index (κ1) is 16.9. The number of nitrogens with zero attached hydrogens (tertiary/aromatic N) is 1. The number of para-hydroxylation sites is 1. The highest BCUT2D eigenvalue weighted by atomic mass is 19.1. The molecule has 0 saturated heterocycles. The van der Waals surface area contributed by atoms with Gasteiger partial charge in [-0.15, -0.1) is 0 Å². The molecule has 0 aliphatic rings. The van der Waals surface area contributed by atoms with Crippen LogP contribution in [-0.2, 0) is 4.79 Å². The van der Waals surface area contributed by atoms with Crippen molar-refractivity contribution < 1.29 is 28.9 Å². The minimum absolute atomic E-state index is 0.0440. The van der Waals surface area contributed by atoms with Crippen molar-refractivity contribution in [3.8, 4) is 5.75 Å². The fraction of sp³-hybridized carbons (Fsp3) is 0.0714. The Kier molecular flexibility index (Phi) is 6.30. The van der Waals surface area contributed by atoms with Gasteiger partial charge in [-0.05, 0) is 24.3 Å². The van der Waals surface area contributed by atoms with E-state index in [4.69, 9.17) is 15.9 Å². The van der Waals surface area contributed by atoms with E-state index in [1.165, 1.54) is 30.5 Å². The van der Waals surface area contributed by atoms with Gasteiger partial charge in [0, 0.05) is 6.20 Å². The van der Waals surface area contributed by atoms with Crippen LogP contribution in [0.5, 0.6) is 5.75 Å². The van der Waals surface area contributed by atoms with Crippen LogP contribution in [0.1, 0.15) is 10.4 Å². The number of hydrogen-bond acceptors (Lipinski definition) is 5. The van der Waals surface area contributed by atoms with Crippen molar-refractivity contribution in [1.82, 2.24) is 4.98 Å². The molecule has 116 valence electrons. The number of rotatable bonds is 4. The van der Waals surface area contributed by atoms with Gasteiger partial charge >= 0.3 is 18.3 Å². The maximum Gasteiger partial charge on any atom is 0.378 e. The van der Waals surface area contributed by atoms with E-state index in [1.807, 2.05) is 0 Å². The van der Waals surface area contributed by atoms with E-state index >= 15 is 0 Å². The quantitative estimate of drug-likeness (QED) is 0.787. The topological polar surface area (TPSA) is 123 Å². The summed E-state index contributed by atoms with van der Waals surface area (Å²) in [6.45, 7) is 0. The Labute approximate surface area is 124 Å². The monoisotopic (exact) mass is 308 g/mol. The number of anilines is 1. The van der Waals surface area contributed by atoms with Gasteiger partial charge in [-0.1, -0.05) is 18.2 Å². The van der Waals surface area contributed by atoms with Crippen molar-refractivity contribution in [1.29, 1.82) is 0 Å². The fourth-order valence-electron chi connectivity index (χ4n) is 1.27. The molecule has 1 atom stereocenters. The minimum Gasteiger partial charge on any atom is -0.478 e. The molecule has 1 aromatic heterocycles. The van der Waals surface area contributed by atoms with Crippen molar-refractivity contribution in [2.45, 2.75) is 6.36 Å². The predicted molar refractivity (Wildman–Crippen MR) is 75.2 cm³/mol. The number of benzene rings is 1. The van der Waals surface area contributed by atoms with Crippen LogP contribution in [0.25, 0.3) is 0 Å². The van der Waals surface area contributed by atoms with Gasteiger partial charge in [0.15, 0.2) is 0 Å². The number of pyridine rings is 1. The summed E-state index contributed by atoms with van der Waals surface area (Å²) >= 11 is 0. The van der Waals surface area contributed by atoms with Crippen molar-refractivity contribution in [3.05, 3.63) is 54.2 Å². The standard InChI is InChI=1S/C8H7FO3.C6H6N2O2/c9-7(8(10)11)12-6-4-2-1-3-5-6;7-5-4(6(9)10)2-1-3-8-5/h1-5,7H,(H,10,11);1-3H,(H2,7,8)(H,9,10). The molecule has 0 aliphatic carbocycles. The SMILES string of the molecule is Nc1ncccc1C(=O)O.O=C(O)C(F)Oc1ccccc1. The molecule has 0 fully saturated rings. The molecule has 1 heterocycles. The molecule has 2 rings (SSSR count). The van der Waals surface area contributed by atoms with Gasteiger partial charge < -0.3 is 20.7 Å². The largest absolute Gasteiger partial charge is 0.478 e. The molecule has 0 bridgehead atoms. The number of carbonyl (C=O) groups is 2. The molecule has 7 nitrogen and oxygen atoms in total. The summed E-state index contributed by atoms with van der Waals surface area (Å²) in [4.78, 5) is 23.9. The second-order valence-corrected chi connectivity index (χ2v) is 3.83. The van der Waals surface area contributed by atoms with Gasteiger partial charge in [0.1, 0.15) is 17.1 Å². The highest BCUT2D eigenvalue weighted by molar-refractivity contribution is 5.92. The Morgan fingerprint density at radius 3 is 2.23 bits per heavy atom. The number of halogens is 1. The molecular formula is C14H13FN2O5.